The lowest BCUT2D eigenvalue weighted by Crippen LogP contribution is -2.25. The fraction of sp³-hybridized carbons (Fsp3) is 0.125. The van der Waals surface area contributed by atoms with Gasteiger partial charge in [-0.3, -0.25) is 9.78 Å². The molecule has 2 heterocycles. The highest BCUT2D eigenvalue weighted by molar-refractivity contribution is 6.26. The second kappa shape index (κ2) is 5.40. The highest BCUT2D eigenvalue weighted by atomic mass is 16.5. The first-order chi connectivity index (χ1) is 10.6. The maximum Gasteiger partial charge on any atom is 0.186 e. The van der Waals surface area contributed by atoms with Gasteiger partial charge in [0.25, 0.3) is 0 Å². The smallest absolute Gasteiger partial charge is 0.186 e. The maximum absolute atomic E-state index is 12.3. The van der Waals surface area contributed by atoms with E-state index in [0.717, 1.165) is 5.56 Å². The summed E-state index contributed by atoms with van der Waals surface area (Å²) in [4.78, 5) is 17.9. The predicted molar refractivity (Wildman–Crippen MR) is 82.4 cm³/mol. The Morgan fingerprint density at radius 1 is 1.27 bits per heavy atom. The van der Waals surface area contributed by atoms with Crippen molar-refractivity contribution in [3.63, 3.8) is 0 Å². The number of nitrogens with zero attached hydrogens (tertiary/aromatic N) is 2. The van der Waals surface area contributed by atoms with Crippen molar-refractivity contribution in [2.45, 2.75) is 0 Å². The van der Waals surface area contributed by atoms with Crippen molar-refractivity contribution in [3.8, 4) is 11.5 Å². The number of hydrogen-bond acceptors (Lipinski definition) is 6. The summed E-state index contributed by atoms with van der Waals surface area (Å²) in [6.45, 7) is 0.121. The molecule has 1 aromatic carbocycles. The Labute approximate surface area is 127 Å². The number of rotatable bonds is 3. The Kier molecular flexibility index (Phi) is 3.42. The monoisotopic (exact) mass is 297 g/mol. The number of nitrogens with two attached hydrogens (primary N) is 1. The zero-order valence-electron chi connectivity index (χ0n) is 12.0. The number of phenolic OH excluding ortho intramolecular Hbond substituents is 1. The van der Waals surface area contributed by atoms with Crippen molar-refractivity contribution in [1.29, 1.82) is 0 Å². The fourth-order valence-corrected chi connectivity index (χ4v) is 2.49. The van der Waals surface area contributed by atoms with Crippen LogP contribution < -0.4 is 15.4 Å². The Morgan fingerprint density at radius 3 is 2.68 bits per heavy atom. The molecule has 6 nitrogen and oxygen atoms in total. The average Bonchev–Trinajstić information content (AvgIpc) is 2.82. The van der Waals surface area contributed by atoms with Crippen LogP contribution in [0, 0.1) is 0 Å². The van der Waals surface area contributed by atoms with Gasteiger partial charge < -0.3 is 20.5 Å². The summed E-state index contributed by atoms with van der Waals surface area (Å²) in [7, 11) is 1.51. The summed E-state index contributed by atoms with van der Waals surface area (Å²) in [5.41, 5.74) is 7.96. The van der Waals surface area contributed by atoms with Gasteiger partial charge in [0.1, 0.15) is 17.3 Å². The Hall–Kier alpha value is -3.02. The Morgan fingerprint density at radius 2 is 2.00 bits per heavy atom. The van der Waals surface area contributed by atoms with E-state index in [1.807, 2.05) is 0 Å². The Bertz CT molecular complexity index is 756. The normalized spacial score (nSPS) is 14.6. The number of phenols is 1. The van der Waals surface area contributed by atoms with Gasteiger partial charge >= 0.3 is 0 Å². The number of ether oxygens (including phenoxy) is 1. The molecule has 6 heteroatoms. The largest absolute Gasteiger partial charge is 0.508 e. The van der Waals surface area contributed by atoms with E-state index in [-0.39, 0.29) is 18.1 Å². The van der Waals surface area contributed by atoms with Crippen LogP contribution in [0.4, 0.5) is 5.69 Å². The third-order valence-electron chi connectivity index (χ3n) is 3.52. The first-order valence-corrected chi connectivity index (χ1v) is 6.69. The number of aromatic nitrogens is 1. The van der Waals surface area contributed by atoms with Crippen LogP contribution in [0.15, 0.2) is 48.5 Å². The van der Waals surface area contributed by atoms with Gasteiger partial charge in [-0.15, -0.1) is 0 Å². The molecule has 3 N–H and O–H groups in total. The van der Waals surface area contributed by atoms with Crippen molar-refractivity contribution in [3.05, 3.63) is 54.1 Å². The van der Waals surface area contributed by atoms with Gasteiger partial charge in [0.2, 0.25) is 0 Å². The first kappa shape index (κ1) is 13.9. The summed E-state index contributed by atoms with van der Waals surface area (Å²) >= 11 is 0. The van der Waals surface area contributed by atoms with Gasteiger partial charge in [0.05, 0.1) is 24.9 Å². The van der Waals surface area contributed by atoms with Crippen LogP contribution in [0.5, 0.6) is 11.5 Å². The minimum Gasteiger partial charge on any atom is -0.508 e. The van der Waals surface area contributed by atoms with Crippen LogP contribution >= 0.6 is 0 Å². The van der Waals surface area contributed by atoms with Crippen LogP contribution in [-0.4, -0.2) is 29.5 Å². The second-order valence-electron chi connectivity index (χ2n) is 4.89. The molecule has 0 saturated carbocycles. The molecular formula is C16H15N3O3. The van der Waals surface area contributed by atoms with Gasteiger partial charge in [-0.25, -0.2) is 0 Å². The van der Waals surface area contributed by atoms with Crippen LogP contribution in [0.1, 0.15) is 5.56 Å². The van der Waals surface area contributed by atoms with Crippen molar-refractivity contribution < 1.29 is 14.6 Å². The predicted octanol–water partition coefficient (Wildman–Crippen LogP) is 1.51. The summed E-state index contributed by atoms with van der Waals surface area (Å²) in [6, 6.07) is 8.23. The number of carbonyl (C=O) groups is 1. The van der Waals surface area contributed by atoms with Crippen molar-refractivity contribution in [2.75, 3.05) is 18.6 Å². The summed E-state index contributed by atoms with van der Waals surface area (Å²) in [5, 5.41) is 9.76. The SMILES string of the molecule is COc1cc(O)cc(N2CC(=O)C(c3ccncc3)=C2N)c1. The zero-order valence-corrected chi connectivity index (χ0v) is 12.0. The highest BCUT2D eigenvalue weighted by Gasteiger charge is 2.30. The minimum atomic E-state index is -0.0778. The highest BCUT2D eigenvalue weighted by Crippen LogP contribution is 2.34. The molecule has 2 aromatic rings. The molecule has 0 aliphatic carbocycles. The molecule has 1 aliphatic rings. The molecule has 0 radical (unpaired) electrons. The number of Topliss-reactive ketones (excluding diaryl/α,β-unsaturated/α-hetero) is 1. The van der Waals surface area contributed by atoms with Gasteiger partial charge in [-0.2, -0.15) is 0 Å². The number of anilines is 1. The number of pyridine rings is 1. The third kappa shape index (κ3) is 2.35. The lowest BCUT2D eigenvalue weighted by molar-refractivity contribution is -0.112. The van der Waals surface area contributed by atoms with Gasteiger partial charge in [0, 0.05) is 30.6 Å². The summed E-state index contributed by atoms with van der Waals surface area (Å²) in [6.07, 6.45) is 3.23. The van der Waals surface area contributed by atoms with E-state index >= 15 is 0 Å². The molecule has 1 aliphatic heterocycles. The number of carbonyl (C=O) groups excluding carboxylic acids is 1. The third-order valence-corrected chi connectivity index (χ3v) is 3.52. The summed E-state index contributed by atoms with van der Waals surface area (Å²) < 4.78 is 5.13. The van der Waals surface area contributed by atoms with Crippen molar-refractivity contribution in [1.82, 2.24) is 4.98 Å². The Balaban J connectivity index is 2.05. The number of hydrogen-bond donors (Lipinski definition) is 2. The first-order valence-electron chi connectivity index (χ1n) is 6.69. The molecular weight excluding hydrogens is 282 g/mol. The summed E-state index contributed by atoms with van der Waals surface area (Å²) in [5.74, 6) is 0.814. The maximum atomic E-state index is 12.3. The number of methoxy groups -OCH3 is 1. The van der Waals surface area contributed by atoms with Crippen molar-refractivity contribution >= 4 is 17.0 Å². The van der Waals surface area contributed by atoms with E-state index in [0.29, 0.717) is 22.8 Å². The molecule has 0 amide bonds. The number of benzene rings is 1. The number of aromatic hydroxyl groups is 1. The molecule has 0 atom stereocenters. The van der Waals surface area contributed by atoms with E-state index in [4.69, 9.17) is 10.5 Å². The van der Waals surface area contributed by atoms with E-state index < -0.39 is 0 Å². The van der Waals surface area contributed by atoms with Crippen LogP contribution in [0.3, 0.4) is 0 Å². The zero-order chi connectivity index (χ0) is 15.7. The molecule has 0 saturated heterocycles. The quantitative estimate of drug-likeness (QED) is 0.893. The molecule has 0 fully saturated rings. The molecule has 3 rings (SSSR count). The van der Waals surface area contributed by atoms with Crippen molar-refractivity contribution in [2.24, 2.45) is 5.73 Å². The topological polar surface area (TPSA) is 88.7 Å². The van der Waals surface area contributed by atoms with Gasteiger partial charge in [-0.05, 0) is 17.7 Å². The molecule has 0 unspecified atom stereocenters. The van der Waals surface area contributed by atoms with Crippen LogP contribution in [-0.2, 0) is 4.79 Å². The number of ketones is 1. The fourth-order valence-electron chi connectivity index (χ4n) is 2.49. The average molecular weight is 297 g/mol. The molecule has 112 valence electrons. The van der Waals surface area contributed by atoms with E-state index in [1.54, 1.807) is 35.5 Å². The molecule has 22 heavy (non-hydrogen) atoms. The molecule has 1 aromatic heterocycles. The minimum absolute atomic E-state index is 0.0481. The molecule has 0 spiro atoms. The lowest BCUT2D eigenvalue weighted by atomic mass is 10.1. The standard InChI is InChI=1S/C16H15N3O3/c1-22-13-7-11(6-12(20)8-13)19-9-14(21)15(16(19)17)10-2-4-18-5-3-10/h2-8,20H,9,17H2,1H3. The van der Waals surface area contributed by atoms with Gasteiger partial charge in [0.15, 0.2) is 5.78 Å². The molecule has 0 bridgehead atoms. The van der Waals surface area contributed by atoms with E-state index in [9.17, 15) is 9.90 Å². The van der Waals surface area contributed by atoms with E-state index in [2.05, 4.69) is 4.98 Å². The van der Waals surface area contributed by atoms with E-state index in [1.165, 1.54) is 19.2 Å². The van der Waals surface area contributed by atoms with Gasteiger partial charge in [-0.1, -0.05) is 0 Å². The lowest BCUT2D eigenvalue weighted by Gasteiger charge is -2.19. The second-order valence-corrected chi connectivity index (χ2v) is 4.89. The van der Waals surface area contributed by atoms with Crippen LogP contribution in [0.2, 0.25) is 0 Å². The van der Waals surface area contributed by atoms with Crippen LogP contribution in [0.25, 0.3) is 5.57 Å².